The summed E-state index contributed by atoms with van der Waals surface area (Å²) >= 11 is 12.9. The Morgan fingerprint density at radius 2 is 1.96 bits per heavy atom. The number of hydrogen-bond donors (Lipinski definition) is 1. The molecule has 0 fully saturated rings. The SMILES string of the molecule is COc1cccc([C@@H]2Nc3c(Cl)ccc(Cl)c3[C@H]3C=CC[C@H]32)c1. The zero-order valence-corrected chi connectivity index (χ0v) is 14.2. The fraction of sp³-hybridized carbons (Fsp3) is 0.263. The molecule has 2 aromatic carbocycles. The molecule has 0 saturated carbocycles. The zero-order valence-electron chi connectivity index (χ0n) is 12.7. The summed E-state index contributed by atoms with van der Waals surface area (Å²) in [5.41, 5.74) is 3.29. The third kappa shape index (κ3) is 2.41. The number of ether oxygens (including phenoxy) is 1. The number of rotatable bonds is 2. The summed E-state index contributed by atoms with van der Waals surface area (Å²) in [5, 5.41) is 5.13. The molecule has 0 unspecified atom stereocenters. The van der Waals surface area contributed by atoms with Crippen LogP contribution in [-0.4, -0.2) is 7.11 Å². The van der Waals surface area contributed by atoms with Crippen LogP contribution in [0.25, 0.3) is 0 Å². The second kappa shape index (κ2) is 5.77. The number of anilines is 1. The van der Waals surface area contributed by atoms with Gasteiger partial charge in [-0.05, 0) is 42.2 Å². The van der Waals surface area contributed by atoms with E-state index in [2.05, 4.69) is 29.6 Å². The van der Waals surface area contributed by atoms with E-state index in [1.807, 2.05) is 24.3 Å². The molecule has 0 amide bonds. The van der Waals surface area contributed by atoms with Crippen LogP contribution in [0.5, 0.6) is 5.75 Å². The van der Waals surface area contributed by atoms with Crippen molar-refractivity contribution < 1.29 is 4.74 Å². The smallest absolute Gasteiger partial charge is 0.119 e. The summed E-state index contributed by atoms with van der Waals surface area (Å²) < 4.78 is 5.38. The lowest BCUT2D eigenvalue weighted by atomic mass is 9.77. The summed E-state index contributed by atoms with van der Waals surface area (Å²) in [7, 11) is 1.69. The van der Waals surface area contributed by atoms with Crippen LogP contribution in [-0.2, 0) is 0 Å². The Labute approximate surface area is 146 Å². The van der Waals surface area contributed by atoms with Crippen molar-refractivity contribution in [3.63, 3.8) is 0 Å². The Bertz CT molecular complexity index is 787. The molecule has 2 aliphatic rings. The highest BCUT2D eigenvalue weighted by atomic mass is 35.5. The van der Waals surface area contributed by atoms with E-state index in [-0.39, 0.29) is 6.04 Å². The van der Waals surface area contributed by atoms with Gasteiger partial charge < -0.3 is 10.1 Å². The summed E-state index contributed by atoms with van der Waals surface area (Å²) in [4.78, 5) is 0. The summed E-state index contributed by atoms with van der Waals surface area (Å²) in [6.45, 7) is 0. The minimum Gasteiger partial charge on any atom is -0.497 e. The number of benzene rings is 2. The molecule has 0 aromatic heterocycles. The molecule has 1 heterocycles. The molecule has 3 atom stereocenters. The van der Waals surface area contributed by atoms with E-state index in [4.69, 9.17) is 27.9 Å². The molecule has 0 radical (unpaired) electrons. The zero-order chi connectivity index (χ0) is 16.0. The predicted octanol–water partition coefficient (Wildman–Crippen LogP) is 5.83. The Balaban J connectivity index is 1.83. The molecule has 0 spiro atoms. The van der Waals surface area contributed by atoms with Crippen molar-refractivity contribution in [3.05, 3.63) is 69.7 Å². The largest absolute Gasteiger partial charge is 0.497 e. The molecule has 4 rings (SSSR count). The lowest BCUT2D eigenvalue weighted by Crippen LogP contribution is -2.29. The topological polar surface area (TPSA) is 21.3 Å². The van der Waals surface area contributed by atoms with Gasteiger partial charge in [-0.1, -0.05) is 47.5 Å². The van der Waals surface area contributed by atoms with Crippen LogP contribution < -0.4 is 10.1 Å². The third-order valence-electron chi connectivity index (χ3n) is 4.87. The Kier molecular flexibility index (Phi) is 3.74. The maximum Gasteiger partial charge on any atom is 0.119 e. The molecule has 1 aliphatic carbocycles. The van der Waals surface area contributed by atoms with Crippen molar-refractivity contribution in [1.29, 1.82) is 0 Å². The molecular formula is C19H17Cl2NO. The average Bonchev–Trinajstić information content (AvgIpc) is 3.06. The fourth-order valence-corrected chi connectivity index (χ4v) is 4.30. The first kappa shape index (κ1) is 14.9. The van der Waals surface area contributed by atoms with Gasteiger partial charge in [0.05, 0.1) is 23.9 Å². The first-order valence-corrected chi connectivity index (χ1v) is 8.49. The van der Waals surface area contributed by atoms with Crippen LogP contribution in [0.1, 0.15) is 29.5 Å². The first-order valence-electron chi connectivity index (χ1n) is 7.74. The van der Waals surface area contributed by atoms with E-state index in [1.54, 1.807) is 7.11 Å². The van der Waals surface area contributed by atoms with Crippen LogP contribution in [0.3, 0.4) is 0 Å². The molecule has 23 heavy (non-hydrogen) atoms. The van der Waals surface area contributed by atoms with Gasteiger partial charge in [-0.2, -0.15) is 0 Å². The van der Waals surface area contributed by atoms with Crippen LogP contribution in [0.4, 0.5) is 5.69 Å². The molecule has 118 valence electrons. The summed E-state index contributed by atoms with van der Waals surface area (Å²) in [6.07, 6.45) is 5.54. The van der Waals surface area contributed by atoms with Crippen LogP contribution in [0, 0.1) is 5.92 Å². The van der Waals surface area contributed by atoms with Crippen LogP contribution in [0.2, 0.25) is 10.0 Å². The van der Waals surface area contributed by atoms with E-state index in [0.29, 0.717) is 11.8 Å². The van der Waals surface area contributed by atoms with Crippen molar-refractivity contribution in [1.82, 2.24) is 0 Å². The maximum atomic E-state index is 6.47. The standard InChI is InChI=1S/C19H17Cl2NO/c1-23-12-5-2-4-11(10-12)18-14-7-3-6-13(14)17-15(20)8-9-16(21)19(17)22-18/h2-6,8-10,13-14,18,22H,7H2,1H3/t13-,14+,18-/m0/s1. The molecule has 0 bridgehead atoms. The lowest BCUT2D eigenvalue weighted by molar-refractivity contribution is 0.406. The molecule has 1 aliphatic heterocycles. The molecule has 0 saturated heterocycles. The highest BCUT2D eigenvalue weighted by Crippen LogP contribution is 2.53. The molecule has 2 nitrogen and oxygen atoms in total. The van der Waals surface area contributed by atoms with E-state index < -0.39 is 0 Å². The predicted molar refractivity (Wildman–Crippen MR) is 95.8 cm³/mol. The highest BCUT2D eigenvalue weighted by molar-refractivity contribution is 6.36. The Morgan fingerprint density at radius 3 is 2.78 bits per heavy atom. The molecule has 1 N–H and O–H groups in total. The molecular weight excluding hydrogens is 329 g/mol. The van der Waals surface area contributed by atoms with Gasteiger partial charge in [-0.25, -0.2) is 0 Å². The second-order valence-electron chi connectivity index (χ2n) is 6.07. The van der Waals surface area contributed by atoms with Gasteiger partial charge in [0.1, 0.15) is 5.75 Å². The average molecular weight is 346 g/mol. The number of methoxy groups -OCH3 is 1. The highest BCUT2D eigenvalue weighted by Gasteiger charge is 2.39. The van der Waals surface area contributed by atoms with Gasteiger partial charge in [0, 0.05) is 16.5 Å². The van der Waals surface area contributed by atoms with Gasteiger partial charge in [0.15, 0.2) is 0 Å². The van der Waals surface area contributed by atoms with Crippen molar-refractivity contribution in [2.24, 2.45) is 5.92 Å². The monoisotopic (exact) mass is 345 g/mol. The molecule has 2 aromatic rings. The van der Waals surface area contributed by atoms with Crippen LogP contribution >= 0.6 is 23.2 Å². The second-order valence-corrected chi connectivity index (χ2v) is 6.88. The van der Waals surface area contributed by atoms with E-state index >= 15 is 0 Å². The maximum absolute atomic E-state index is 6.47. The van der Waals surface area contributed by atoms with Crippen molar-refractivity contribution >= 4 is 28.9 Å². The quantitative estimate of drug-likeness (QED) is 0.691. The van der Waals surface area contributed by atoms with Crippen molar-refractivity contribution in [3.8, 4) is 5.75 Å². The van der Waals surface area contributed by atoms with Crippen molar-refractivity contribution in [2.45, 2.75) is 18.4 Å². The Hall–Kier alpha value is -1.64. The number of fused-ring (bicyclic) bond motifs is 3. The van der Waals surface area contributed by atoms with Gasteiger partial charge in [0.25, 0.3) is 0 Å². The van der Waals surface area contributed by atoms with E-state index in [0.717, 1.165) is 33.5 Å². The number of nitrogens with one attached hydrogen (secondary N) is 1. The third-order valence-corrected chi connectivity index (χ3v) is 5.51. The number of hydrogen-bond acceptors (Lipinski definition) is 2. The van der Waals surface area contributed by atoms with E-state index in [9.17, 15) is 0 Å². The minimum atomic E-state index is 0.188. The number of allylic oxidation sites excluding steroid dienone is 2. The summed E-state index contributed by atoms with van der Waals surface area (Å²) in [5.74, 6) is 1.61. The number of halogens is 2. The normalized spacial score (nSPS) is 24.7. The van der Waals surface area contributed by atoms with E-state index in [1.165, 1.54) is 5.56 Å². The van der Waals surface area contributed by atoms with Gasteiger partial charge >= 0.3 is 0 Å². The molecule has 4 heteroatoms. The Morgan fingerprint density at radius 1 is 1.13 bits per heavy atom. The minimum absolute atomic E-state index is 0.188. The van der Waals surface area contributed by atoms with Crippen LogP contribution in [0.15, 0.2) is 48.6 Å². The summed E-state index contributed by atoms with van der Waals surface area (Å²) in [6, 6.07) is 12.2. The van der Waals surface area contributed by atoms with Crippen molar-refractivity contribution in [2.75, 3.05) is 12.4 Å². The fourth-order valence-electron chi connectivity index (χ4n) is 3.79. The van der Waals surface area contributed by atoms with Gasteiger partial charge in [-0.3, -0.25) is 0 Å². The van der Waals surface area contributed by atoms with Gasteiger partial charge in [0.2, 0.25) is 0 Å². The van der Waals surface area contributed by atoms with Gasteiger partial charge in [-0.15, -0.1) is 0 Å². The first-order chi connectivity index (χ1) is 11.2. The lowest BCUT2D eigenvalue weighted by Gasteiger charge is -2.38.